The Morgan fingerprint density at radius 1 is 1.60 bits per heavy atom. The zero-order valence-corrected chi connectivity index (χ0v) is 10.9. The summed E-state index contributed by atoms with van der Waals surface area (Å²) in [5.74, 6) is 0.963. The zero-order chi connectivity index (χ0) is 10.7. The van der Waals surface area contributed by atoms with Gasteiger partial charge < -0.3 is 10.6 Å². The van der Waals surface area contributed by atoms with Crippen molar-refractivity contribution in [1.29, 1.82) is 0 Å². The van der Waals surface area contributed by atoms with Crippen LogP contribution < -0.4 is 10.6 Å². The minimum absolute atomic E-state index is 0.532. The molecule has 2 heterocycles. The molecular formula is C10H15IN4. The maximum Gasteiger partial charge on any atom is 0.143 e. The minimum Gasteiger partial charge on any atom is -0.366 e. The number of hydrogen-bond acceptors (Lipinski definition) is 4. The molecule has 2 N–H and O–H groups in total. The van der Waals surface area contributed by atoms with Gasteiger partial charge in [-0.05, 0) is 48.9 Å². The third kappa shape index (κ3) is 3.01. The molecule has 5 heteroatoms. The van der Waals surface area contributed by atoms with E-state index in [1.165, 1.54) is 0 Å². The normalized spacial score (nSPS) is 26.3. The molecule has 15 heavy (non-hydrogen) atoms. The van der Waals surface area contributed by atoms with Gasteiger partial charge in [0, 0.05) is 18.3 Å². The van der Waals surface area contributed by atoms with Gasteiger partial charge in [0.25, 0.3) is 0 Å². The molecule has 1 saturated heterocycles. The van der Waals surface area contributed by atoms with Crippen molar-refractivity contribution in [2.45, 2.75) is 31.8 Å². The molecule has 1 aromatic heterocycles. The predicted molar refractivity (Wildman–Crippen MR) is 68.9 cm³/mol. The Bertz CT molecular complexity index is 331. The van der Waals surface area contributed by atoms with Crippen LogP contribution in [0.2, 0.25) is 0 Å². The van der Waals surface area contributed by atoms with Gasteiger partial charge in [-0.15, -0.1) is 0 Å². The number of halogens is 1. The zero-order valence-electron chi connectivity index (χ0n) is 8.70. The van der Waals surface area contributed by atoms with Crippen molar-refractivity contribution in [2.24, 2.45) is 0 Å². The molecule has 1 aliphatic heterocycles. The molecule has 0 amide bonds. The summed E-state index contributed by atoms with van der Waals surface area (Å²) in [5, 5.41) is 6.92. The highest BCUT2D eigenvalue weighted by Gasteiger charge is 2.18. The molecule has 0 saturated carbocycles. The third-order valence-electron chi connectivity index (χ3n) is 2.63. The summed E-state index contributed by atoms with van der Waals surface area (Å²) in [6.45, 7) is 3.30. The Morgan fingerprint density at radius 3 is 3.20 bits per heavy atom. The number of nitrogens with zero attached hydrogens (tertiary/aromatic N) is 2. The molecule has 1 aromatic rings. The van der Waals surface area contributed by atoms with Crippen LogP contribution in [0.3, 0.4) is 0 Å². The Hall–Kier alpha value is -0.430. The SMILES string of the molecule is CC1CC(Nc2ncncc2I)CCN1. The van der Waals surface area contributed by atoms with Crippen molar-refractivity contribution in [1.82, 2.24) is 15.3 Å². The summed E-state index contributed by atoms with van der Waals surface area (Å²) in [6, 6.07) is 1.13. The second kappa shape index (κ2) is 5.07. The molecule has 0 bridgehead atoms. The van der Waals surface area contributed by atoms with E-state index in [4.69, 9.17) is 0 Å². The van der Waals surface area contributed by atoms with Gasteiger partial charge in [-0.25, -0.2) is 9.97 Å². The van der Waals surface area contributed by atoms with Crippen molar-refractivity contribution < 1.29 is 0 Å². The number of rotatable bonds is 2. The Morgan fingerprint density at radius 2 is 2.47 bits per heavy atom. The molecule has 1 aliphatic rings. The smallest absolute Gasteiger partial charge is 0.143 e. The van der Waals surface area contributed by atoms with Crippen LogP contribution in [0.4, 0.5) is 5.82 Å². The van der Waals surface area contributed by atoms with Crippen LogP contribution in [0.5, 0.6) is 0 Å². The largest absolute Gasteiger partial charge is 0.366 e. The van der Waals surface area contributed by atoms with Crippen LogP contribution in [-0.4, -0.2) is 28.6 Å². The second-order valence-corrected chi connectivity index (χ2v) is 5.10. The van der Waals surface area contributed by atoms with Gasteiger partial charge in [0.2, 0.25) is 0 Å². The molecule has 0 aliphatic carbocycles. The Kier molecular flexibility index (Phi) is 3.74. The number of hydrogen-bond donors (Lipinski definition) is 2. The number of anilines is 1. The molecular weight excluding hydrogens is 303 g/mol. The van der Waals surface area contributed by atoms with E-state index in [2.05, 4.69) is 50.1 Å². The van der Waals surface area contributed by atoms with E-state index in [1.54, 1.807) is 6.33 Å². The first kappa shape index (κ1) is 11.1. The average molecular weight is 318 g/mol. The molecule has 1 fully saturated rings. The summed E-state index contributed by atoms with van der Waals surface area (Å²) >= 11 is 2.26. The molecule has 2 rings (SSSR count). The van der Waals surface area contributed by atoms with E-state index >= 15 is 0 Å². The third-order valence-corrected chi connectivity index (χ3v) is 3.42. The fourth-order valence-electron chi connectivity index (χ4n) is 1.88. The van der Waals surface area contributed by atoms with Crippen LogP contribution >= 0.6 is 22.6 Å². The van der Waals surface area contributed by atoms with Gasteiger partial charge >= 0.3 is 0 Å². The first-order valence-corrected chi connectivity index (χ1v) is 6.29. The van der Waals surface area contributed by atoms with Crippen LogP contribution in [0.25, 0.3) is 0 Å². The van der Waals surface area contributed by atoms with Gasteiger partial charge in [-0.3, -0.25) is 0 Å². The molecule has 2 unspecified atom stereocenters. The molecule has 0 spiro atoms. The Labute approximate surface area is 103 Å². The number of aromatic nitrogens is 2. The van der Waals surface area contributed by atoms with E-state index in [9.17, 15) is 0 Å². The highest BCUT2D eigenvalue weighted by molar-refractivity contribution is 14.1. The molecule has 0 radical (unpaired) electrons. The van der Waals surface area contributed by atoms with Gasteiger partial charge in [0.15, 0.2) is 0 Å². The van der Waals surface area contributed by atoms with Crippen LogP contribution in [0, 0.1) is 3.57 Å². The van der Waals surface area contributed by atoms with Crippen molar-refractivity contribution >= 4 is 28.4 Å². The maximum atomic E-state index is 4.25. The second-order valence-electron chi connectivity index (χ2n) is 3.94. The monoisotopic (exact) mass is 318 g/mol. The number of piperidine rings is 1. The van der Waals surface area contributed by atoms with E-state index in [0.29, 0.717) is 12.1 Å². The van der Waals surface area contributed by atoms with Gasteiger partial charge in [-0.2, -0.15) is 0 Å². The molecule has 0 aromatic carbocycles. The van der Waals surface area contributed by atoms with E-state index < -0.39 is 0 Å². The Balaban J connectivity index is 1.99. The van der Waals surface area contributed by atoms with Crippen molar-refractivity contribution in [3.63, 3.8) is 0 Å². The molecule has 82 valence electrons. The first-order valence-electron chi connectivity index (χ1n) is 5.21. The van der Waals surface area contributed by atoms with Crippen molar-refractivity contribution in [2.75, 3.05) is 11.9 Å². The lowest BCUT2D eigenvalue weighted by Gasteiger charge is -2.29. The van der Waals surface area contributed by atoms with Gasteiger partial charge in [0.05, 0.1) is 3.57 Å². The lowest BCUT2D eigenvalue weighted by Crippen LogP contribution is -2.41. The lowest BCUT2D eigenvalue weighted by atomic mass is 10.0. The molecule has 4 nitrogen and oxygen atoms in total. The highest BCUT2D eigenvalue weighted by atomic mass is 127. The maximum absolute atomic E-state index is 4.25. The first-order chi connectivity index (χ1) is 7.25. The topological polar surface area (TPSA) is 49.8 Å². The summed E-state index contributed by atoms with van der Waals surface area (Å²) in [4.78, 5) is 8.23. The van der Waals surface area contributed by atoms with Crippen LogP contribution in [0.1, 0.15) is 19.8 Å². The highest BCUT2D eigenvalue weighted by Crippen LogP contribution is 2.18. The summed E-state index contributed by atoms with van der Waals surface area (Å²) in [6.07, 6.45) is 5.74. The average Bonchev–Trinajstić information content (AvgIpc) is 2.22. The van der Waals surface area contributed by atoms with E-state index in [1.807, 2.05) is 6.20 Å². The fraction of sp³-hybridized carbons (Fsp3) is 0.600. The van der Waals surface area contributed by atoms with Crippen LogP contribution in [0.15, 0.2) is 12.5 Å². The van der Waals surface area contributed by atoms with Crippen LogP contribution in [-0.2, 0) is 0 Å². The van der Waals surface area contributed by atoms with Crippen molar-refractivity contribution in [3.8, 4) is 0 Å². The lowest BCUT2D eigenvalue weighted by molar-refractivity contribution is 0.395. The number of nitrogens with one attached hydrogen (secondary N) is 2. The van der Waals surface area contributed by atoms with Crippen molar-refractivity contribution in [3.05, 3.63) is 16.1 Å². The summed E-state index contributed by atoms with van der Waals surface area (Å²) in [5.41, 5.74) is 0. The van der Waals surface area contributed by atoms with Gasteiger partial charge in [0.1, 0.15) is 12.1 Å². The molecule has 2 atom stereocenters. The van der Waals surface area contributed by atoms with E-state index in [0.717, 1.165) is 28.8 Å². The predicted octanol–water partition coefficient (Wildman–Crippen LogP) is 1.63. The van der Waals surface area contributed by atoms with E-state index in [-0.39, 0.29) is 0 Å². The summed E-state index contributed by atoms with van der Waals surface area (Å²) < 4.78 is 1.08. The van der Waals surface area contributed by atoms with Gasteiger partial charge in [-0.1, -0.05) is 0 Å². The summed E-state index contributed by atoms with van der Waals surface area (Å²) in [7, 11) is 0. The fourth-order valence-corrected chi connectivity index (χ4v) is 2.33. The standard InChI is InChI=1S/C10H15IN4/c1-7-4-8(2-3-13-7)15-10-9(11)5-12-6-14-10/h5-8,13H,2-4H2,1H3,(H,12,14,15). The quantitative estimate of drug-likeness (QED) is 0.814. The minimum atomic E-state index is 0.532.